The summed E-state index contributed by atoms with van der Waals surface area (Å²) in [7, 11) is 0. The summed E-state index contributed by atoms with van der Waals surface area (Å²) in [6, 6.07) is 14.1. The van der Waals surface area contributed by atoms with Crippen LogP contribution in [-0.4, -0.2) is 32.4 Å². The molecule has 6 nitrogen and oxygen atoms in total. The van der Waals surface area contributed by atoms with Crippen LogP contribution in [0.2, 0.25) is 0 Å². The van der Waals surface area contributed by atoms with E-state index in [-0.39, 0.29) is 0 Å². The van der Waals surface area contributed by atoms with Crippen molar-refractivity contribution in [1.82, 2.24) is 0 Å². The van der Waals surface area contributed by atoms with Gasteiger partial charge in [0.2, 0.25) is 0 Å². The zero-order valence-corrected chi connectivity index (χ0v) is 22.4. The van der Waals surface area contributed by atoms with E-state index in [4.69, 9.17) is 23.7 Å². The molecule has 0 aromatic heterocycles. The van der Waals surface area contributed by atoms with Crippen molar-refractivity contribution in [1.29, 1.82) is 0 Å². The van der Waals surface area contributed by atoms with E-state index in [0.29, 0.717) is 49.6 Å². The van der Waals surface area contributed by atoms with Crippen LogP contribution in [0.25, 0.3) is 0 Å². The standard InChI is InChI=1S/C31H42O6/c1-5-33-21-7-9-25(3)19-23-35-28-13-11-27(12-14-28)31(32)37-30-17-15-29(16-18-30)36-24-20-26(4)10-8-22-34-6-2/h5-6,11-18,25-26H,1-2,7-10,19-24H2,3-4H3. The minimum atomic E-state index is -0.412. The molecule has 0 heterocycles. The Bertz CT molecular complexity index is 906. The van der Waals surface area contributed by atoms with Gasteiger partial charge in [0.1, 0.15) is 17.2 Å². The first-order valence-corrected chi connectivity index (χ1v) is 13.1. The Morgan fingerprint density at radius 3 is 1.57 bits per heavy atom. The molecule has 2 aromatic carbocycles. The highest BCUT2D eigenvalue weighted by Crippen LogP contribution is 2.21. The summed E-state index contributed by atoms with van der Waals surface area (Å²) >= 11 is 0. The molecule has 0 saturated heterocycles. The molecule has 0 spiro atoms. The summed E-state index contributed by atoms with van der Waals surface area (Å²) in [6.07, 6.45) is 9.08. The molecule has 0 amide bonds. The molecule has 202 valence electrons. The SMILES string of the molecule is C=COCCCC(C)CCOc1ccc(OC(=O)c2ccc(OCCC(C)CCCOC=C)cc2)cc1. The number of benzene rings is 2. The number of hydrogen-bond acceptors (Lipinski definition) is 6. The smallest absolute Gasteiger partial charge is 0.343 e. The summed E-state index contributed by atoms with van der Waals surface area (Å²) in [5, 5.41) is 0. The predicted octanol–water partition coefficient (Wildman–Crippen LogP) is 7.60. The van der Waals surface area contributed by atoms with Crippen molar-refractivity contribution in [3.63, 3.8) is 0 Å². The summed E-state index contributed by atoms with van der Waals surface area (Å²) < 4.78 is 27.5. The van der Waals surface area contributed by atoms with Gasteiger partial charge >= 0.3 is 5.97 Å². The van der Waals surface area contributed by atoms with Crippen LogP contribution in [0.15, 0.2) is 74.2 Å². The van der Waals surface area contributed by atoms with E-state index in [9.17, 15) is 4.79 Å². The third kappa shape index (κ3) is 12.9. The highest BCUT2D eigenvalue weighted by molar-refractivity contribution is 5.91. The Morgan fingerprint density at radius 1 is 0.676 bits per heavy atom. The van der Waals surface area contributed by atoms with Gasteiger partial charge in [-0.25, -0.2) is 4.79 Å². The van der Waals surface area contributed by atoms with E-state index < -0.39 is 5.97 Å². The second-order valence-electron chi connectivity index (χ2n) is 9.23. The molecular weight excluding hydrogens is 468 g/mol. The number of carbonyl (C=O) groups excluding carboxylic acids is 1. The predicted molar refractivity (Wildman–Crippen MR) is 147 cm³/mol. The monoisotopic (exact) mass is 510 g/mol. The lowest BCUT2D eigenvalue weighted by atomic mass is 10.0. The molecule has 0 aliphatic heterocycles. The molecule has 0 fully saturated rings. The Morgan fingerprint density at radius 2 is 1.11 bits per heavy atom. The van der Waals surface area contributed by atoms with Crippen LogP contribution in [-0.2, 0) is 9.47 Å². The summed E-state index contributed by atoms with van der Waals surface area (Å²) in [6.45, 7) is 14.2. The Labute approximate surface area is 222 Å². The number of rotatable bonds is 20. The Kier molecular flexibility index (Phi) is 14.4. The van der Waals surface area contributed by atoms with Gasteiger partial charge in [0.25, 0.3) is 0 Å². The van der Waals surface area contributed by atoms with Gasteiger partial charge in [-0.05, 0) is 98.9 Å². The quantitative estimate of drug-likeness (QED) is 0.0791. The van der Waals surface area contributed by atoms with Gasteiger partial charge in [-0.3, -0.25) is 0 Å². The van der Waals surface area contributed by atoms with Crippen LogP contribution < -0.4 is 14.2 Å². The Balaban J connectivity index is 1.67. The summed E-state index contributed by atoms with van der Waals surface area (Å²) in [5.74, 6) is 2.66. The van der Waals surface area contributed by atoms with Gasteiger partial charge in [-0.2, -0.15) is 0 Å². The van der Waals surface area contributed by atoms with Gasteiger partial charge in [-0.1, -0.05) is 27.0 Å². The summed E-state index contributed by atoms with van der Waals surface area (Å²) in [5.41, 5.74) is 0.468. The molecule has 0 bridgehead atoms. The maximum atomic E-state index is 12.5. The molecule has 2 rings (SSSR count). The zero-order chi connectivity index (χ0) is 26.7. The molecule has 0 saturated carbocycles. The first-order chi connectivity index (χ1) is 18.0. The third-order valence-corrected chi connectivity index (χ3v) is 6.04. The molecule has 2 unspecified atom stereocenters. The van der Waals surface area contributed by atoms with Crippen molar-refractivity contribution < 1.29 is 28.5 Å². The number of esters is 1. The first kappa shape index (κ1) is 29.8. The maximum Gasteiger partial charge on any atom is 0.343 e. The fourth-order valence-corrected chi connectivity index (χ4v) is 3.70. The van der Waals surface area contributed by atoms with Gasteiger partial charge in [0.15, 0.2) is 0 Å². The van der Waals surface area contributed by atoms with Gasteiger partial charge < -0.3 is 23.7 Å². The van der Waals surface area contributed by atoms with Crippen LogP contribution in [0.1, 0.15) is 62.7 Å². The van der Waals surface area contributed by atoms with Crippen LogP contribution in [0, 0.1) is 11.8 Å². The van der Waals surface area contributed by atoms with Crippen molar-refractivity contribution in [3.8, 4) is 17.2 Å². The second kappa shape index (κ2) is 17.9. The molecular formula is C31H42O6. The van der Waals surface area contributed by atoms with Crippen LogP contribution >= 0.6 is 0 Å². The van der Waals surface area contributed by atoms with Crippen molar-refractivity contribution in [2.24, 2.45) is 11.8 Å². The lowest BCUT2D eigenvalue weighted by Crippen LogP contribution is -2.09. The molecule has 37 heavy (non-hydrogen) atoms. The van der Waals surface area contributed by atoms with Crippen molar-refractivity contribution in [3.05, 3.63) is 79.8 Å². The van der Waals surface area contributed by atoms with E-state index >= 15 is 0 Å². The average Bonchev–Trinajstić information content (AvgIpc) is 2.90. The van der Waals surface area contributed by atoms with Gasteiger partial charge in [0, 0.05) is 0 Å². The van der Waals surface area contributed by atoms with E-state index in [1.807, 2.05) is 12.1 Å². The van der Waals surface area contributed by atoms with Crippen LogP contribution in [0.3, 0.4) is 0 Å². The largest absolute Gasteiger partial charge is 0.502 e. The van der Waals surface area contributed by atoms with E-state index in [0.717, 1.165) is 50.0 Å². The van der Waals surface area contributed by atoms with Gasteiger partial charge in [-0.15, -0.1) is 0 Å². The molecule has 2 aromatic rings. The Hall–Kier alpha value is -3.41. The molecule has 0 aliphatic carbocycles. The number of ether oxygens (including phenoxy) is 5. The minimum Gasteiger partial charge on any atom is -0.502 e. The van der Waals surface area contributed by atoms with Crippen molar-refractivity contribution in [2.75, 3.05) is 26.4 Å². The van der Waals surface area contributed by atoms with Crippen LogP contribution in [0.5, 0.6) is 17.2 Å². The van der Waals surface area contributed by atoms with E-state index in [2.05, 4.69) is 27.0 Å². The summed E-state index contributed by atoms with van der Waals surface area (Å²) in [4.78, 5) is 12.5. The fraction of sp³-hybridized carbons (Fsp3) is 0.452. The van der Waals surface area contributed by atoms with Crippen LogP contribution in [0.4, 0.5) is 0 Å². The first-order valence-electron chi connectivity index (χ1n) is 13.1. The average molecular weight is 511 g/mol. The van der Waals surface area contributed by atoms with Crippen molar-refractivity contribution >= 4 is 5.97 Å². The second-order valence-corrected chi connectivity index (χ2v) is 9.23. The minimum absolute atomic E-state index is 0.412. The number of hydrogen-bond donors (Lipinski definition) is 0. The molecule has 0 N–H and O–H groups in total. The molecule has 6 heteroatoms. The zero-order valence-electron chi connectivity index (χ0n) is 22.4. The molecule has 0 aliphatic rings. The van der Waals surface area contributed by atoms with E-state index in [1.54, 1.807) is 36.4 Å². The van der Waals surface area contributed by atoms with E-state index in [1.165, 1.54) is 12.5 Å². The highest BCUT2D eigenvalue weighted by atomic mass is 16.5. The molecule has 2 atom stereocenters. The lowest BCUT2D eigenvalue weighted by Gasteiger charge is -2.13. The normalized spacial score (nSPS) is 12.2. The highest BCUT2D eigenvalue weighted by Gasteiger charge is 2.10. The third-order valence-electron chi connectivity index (χ3n) is 6.04. The van der Waals surface area contributed by atoms with Gasteiger partial charge in [0.05, 0.1) is 44.5 Å². The fourth-order valence-electron chi connectivity index (χ4n) is 3.70. The lowest BCUT2D eigenvalue weighted by molar-refractivity contribution is 0.0734. The number of carbonyl (C=O) groups is 1. The topological polar surface area (TPSA) is 63.2 Å². The van der Waals surface area contributed by atoms with Crippen molar-refractivity contribution in [2.45, 2.75) is 52.4 Å². The maximum absolute atomic E-state index is 12.5. The molecule has 0 radical (unpaired) electrons.